The summed E-state index contributed by atoms with van der Waals surface area (Å²) in [6.45, 7) is 5.25. The molecular weight excluding hydrogens is 398 g/mol. The highest BCUT2D eigenvalue weighted by Crippen LogP contribution is 2.34. The van der Waals surface area contributed by atoms with Crippen LogP contribution in [0, 0.1) is 5.92 Å². The van der Waals surface area contributed by atoms with Crippen LogP contribution in [-0.4, -0.2) is 55.9 Å². The van der Waals surface area contributed by atoms with Gasteiger partial charge < -0.3 is 4.74 Å². The highest BCUT2D eigenvalue weighted by atomic mass is 32.2. The van der Waals surface area contributed by atoms with Gasteiger partial charge in [0.05, 0.1) is 18.3 Å². The third kappa shape index (κ3) is 3.39. The van der Waals surface area contributed by atoms with Crippen molar-refractivity contribution < 1.29 is 13.2 Å². The molecule has 1 aliphatic carbocycles. The maximum atomic E-state index is 12.8. The molecule has 160 valence electrons. The fourth-order valence-corrected chi connectivity index (χ4v) is 5.42. The predicted molar refractivity (Wildman–Crippen MR) is 108 cm³/mol. The molecule has 2 aromatic rings. The van der Waals surface area contributed by atoms with Crippen molar-refractivity contribution in [2.75, 3.05) is 13.1 Å². The average Bonchev–Trinajstić information content (AvgIpc) is 3.42. The summed E-state index contributed by atoms with van der Waals surface area (Å²) in [5.74, 6) is 0.402. The molecule has 1 saturated carbocycles. The molecule has 0 atom stereocenters. The van der Waals surface area contributed by atoms with Crippen LogP contribution in [0.3, 0.4) is 0 Å². The van der Waals surface area contributed by atoms with Crippen LogP contribution < -0.4 is 16.0 Å². The van der Waals surface area contributed by atoms with E-state index in [0.717, 1.165) is 23.8 Å². The number of hydrogen-bond donors (Lipinski definition) is 0. The number of hydrogen-bond acceptors (Lipinski definition) is 6. The number of fused-ring (bicyclic) bond motifs is 1. The molecule has 2 fully saturated rings. The molecular formula is C18H27N5O5S. The van der Waals surface area contributed by atoms with E-state index in [9.17, 15) is 18.0 Å². The largest absolute Gasteiger partial charge is 0.458 e. The zero-order valence-corrected chi connectivity index (χ0v) is 18.0. The Hall–Kier alpha value is -2.14. The van der Waals surface area contributed by atoms with Crippen LogP contribution in [0.1, 0.15) is 33.1 Å². The van der Waals surface area contributed by atoms with Crippen molar-refractivity contribution in [3.63, 3.8) is 0 Å². The number of sulfonamides is 1. The van der Waals surface area contributed by atoms with Gasteiger partial charge in [-0.15, -0.1) is 0 Å². The smallest absolute Gasteiger partial charge is 0.332 e. The zero-order chi connectivity index (χ0) is 21.1. The monoisotopic (exact) mass is 425 g/mol. The van der Waals surface area contributed by atoms with Gasteiger partial charge in [-0.1, -0.05) is 13.8 Å². The molecule has 0 N–H and O–H groups in total. The van der Waals surface area contributed by atoms with Crippen molar-refractivity contribution in [2.24, 2.45) is 20.0 Å². The van der Waals surface area contributed by atoms with Crippen LogP contribution in [-0.2, 0) is 30.7 Å². The Kier molecular flexibility index (Phi) is 4.85. The Morgan fingerprint density at radius 2 is 1.79 bits per heavy atom. The second-order valence-corrected chi connectivity index (χ2v) is 10.6. The summed E-state index contributed by atoms with van der Waals surface area (Å²) in [6, 6.07) is 0.257. The molecule has 0 amide bonds. The minimum absolute atomic E-state index is 0.239. The number of imidazole rings is 1. The fourth-order valence-electron chi connectivity index (χ4n) is 3.52. The Labute approximate surface area is 168 Å². The summed E-state index contributed by atoms with van der Waals surface area (Å²) in [6.07, 6.45) is 1.94. The van der Waals surface area contributed by atoms with E-state index in [1.807, 2.05) is 0 Å². The molecule has 11 heteroatoms. The lowest BCUT2D eigenvalue weighted by atomic mass is 10.1. The topological polar surface area (TPSA) is 108 Å². The number of ether oxygens (including phenoxy) is 1. The summed E-state index contributed by atoms with van der Waals surface area (Å²) < 4.78 is 36.1. The van der Waals surface area contributed by atoms with E-state index in [0.29, 0.717) is 18.0 Å². The molecule has 0 aromatic carbocycles. The first-order chi connectivity index (χ1) is 13.6. The zero-order valence-electron chi connectivity index (χ0n) is 17.2. The first-order valence-electron chi connectivity index (χ1n) is 9.93. The lowest BCUT2D eigenvalue weighted by Gasteiger charge is -2.37. The van der Waals surface area contributed by atoms with Gasteiger partial charge in [0.25, 0.3) is 11.6 Å². The summed E-state index contributed by atoms with van der Waals surface area (Å²) in [5.41, 5.74) is -0.265. The van der Waals surface area contributed by atoms with Crippen LogP contribution in [0.15, 0.2) is 9.59 Å². The van der Waals surface area contributed by atoms with E-state index in [2.05, 4.69) is 18.8 Å². The van der Waals surface area contributed by atoms with Crippen molar-refractivity contribution >= 4 is 21.2 Å². The van der Waals surface area contributed by atoms with Crippen molar-refractivity contribution in [3.8, 4) is 6.01 Å². The second-order valence-electron chi connectivity index (χ2n) is 8.41. The predicted octanol–water partition coefficient (Wildman–Crippen LogP) is 0.0350. The van der Waals surface area contributed by atoms with Crippen molar-refractivity contribution in [2.45, 2.75) is 51.0 Å². The summed E-state index contributed by atoms with van der Waals surface area (Å²) in [7, 11) is -0.196. The van der Waals surface area contributed by atoms with Crippen molar-refractivity contribution in [1.82, 2.24) is 23.0 Å². The summed E-state index contributed by atoms with van der Waals surface area (Å²) in [4.78, 5) is 29.5. The first kappa shape index (κ1) is 20.1. The Morgan fingerprint density at radius 3 is 2.38 bits per heavy atom. The second kappa shape index (κ2) is 6.98. The van der Waals surface area contributed by atoms with E-state index in [1.165, 1.54) is 15.9 Å². The highest BCUT2D eigenvalue weighted by Gasteiger charge is 2.46. The highest BCUT2D eigenvalue weighted by molar-refractivity contribution is 7.90. The van der Waals surface area contributed by atoms with Crippen molar-refractivity contribution in [1.29, 1.82) is 0 Å². The van der Waals surface area contributed by atoms with Crippen LogP contribution in [0.4, 0.5) is 0 Å². The molecule has 0 bridgehead atoms. The van der Waals surface area contributed by atoms with Gasteiger partial charge >= 0.3 is 5.69 Å². The third-order valence-corrected chi connectivity index (χ3v) is 7.97. The molecule has 3 heterocycles. The van der Waals surface area contributed by atoms with Gasteiger partial charge in [-0.3, -0.25) is 18.5 Å². The molecule has 29 heavy (non-hydrogen) atoms. The van der Waals surface area contributed by atoms with Gasteiger partial charge in [0.15, 0.2) is 11.2 Å². The van der Waals surface area contributed by atoms with E-state index < -0.39 is 21.3 Å². The number of aryl methyl sites for hydroxylation is 2. The Morgan fingerprint density at radius 1 is 1.14 bits per heavy atom. The van der Waals surface area contributed by atoms with Gasteiger partial charge in [-0.25, -0.2) is 13.2 Å². The lowest BCUT2D eigenvalue weighted by molar-refractivity contribution is 0.0641. The molecule has 10 nitrogen and oxygen atoms in total. The SMILES string of the molecule is CC(C)CCn1c(OC2CN(S(=O)(=O)C3CC3)C2)nc2c1c(=O)n(C)c(=O)n2C. The minimum Gasteiger partial charge on any atom is -0.458 e. The van der Waals surface area contributed by atoms with Crippen LogP contribution in [0.5, 0.6) is 6.01 Å². The maximum Gasteiger partial charge on any atom is 0.332 e. The molecule has 1 aliphatic heterocycles. The van der Waals surface area contributed by atoms with Crippen LogP contribution in [0.25, 0.3) is 11.2 Å². The molecule has 2 aromatic heterocycles. The maximum absolute atomic E-state index is 12.8. The molecule has 0 radical (unpaired) electrons. The average molecular weight is 426 g/mol. The molecule has 1 saturated heterocycles. The molecule has 0 unspecified atom stereocenters. The quantitative estimate of drug-likeness (QED) is 0.620. The Balaban J connectivity index is 1.66. The summed E-state index contributed by atoms with van der Waals surface area (Å²) in [5, 5.41) is -0.239. The van der Waals surface area contributed by atoms with E-state index in [4.69, 9.17) is 4.74 Å². The normalized spacial score (nSPS) is 18.5. The van der Waals surface area contributed by atoms with Crippen molar-refractivity contribution in [3.05, 3.63) is 20.8 Å². The molecule has 0 spiro atoms. The van der Waals surface area contributed by atoms with Crippen LogP contribution in [0.2, 0.25) is 0 Å². The van der Waals surface area contributed by atoms with Crippen LogP contribution >= 0.6 is 0 Å². The lowest BCUT2D eigenvalue weighted by Crippen LogP contribution is -2.57. The summed E-state index contributed by atoms with van der Waals surface area (Å²) >= 11 is 0. The fraction of sp³-hybridized carbons (Fsp3) is 0.722. The van der Waals surface area contributed by atoms with E-state index in [1.54, 1.807) is 11.6 Å². The molecule has 4 rings (SSSR count). The first-order valence-corrected chi connectivity index (χ1v) is 11.4. The minimum atomic E-state index is -3.21. The number of aromatic nitrogens is 4. The number of nitrogens with zero attached hydrogens (tertiary/aromatic N) is 5. The van der Waals surface area contributed by atoms with Gasteiger partial charge in [-0.2, -0.15) is 9.29 Å². The van der Waals surface area contributed by atoms with E-state index in [-0.39, 0.29) is 36.1 Å². The van der Waals surface area contributed by atoms with Gasteiger partial charge in [-0.05, 0) is 25.2 Å². The Bertz CT molecular complexity index is 1170. The standard InChI is InChI=1S/C18H27N5O5S/c1-11(2)7-8-23-14-15(20(3)18(25)21(4)16(14)24)19-17(23)28-12-9-22(10-12)29(26,27)13-5-6-13/h11-13H,5-10H2,1-4H3. The van der Waals surface area contributed by atoms with E-state index >= 15 is 0 Å². The van der Waals surface area contributed by atoms with Gasteiger partial charge in [0.1, 0.15) is 6.10 Å². The van der Waals surface area contributed by atoms with Gasteiger partial charge in [0.2, 0.25) is 10.0 Å². The third-order valence-electron chi connectivity index (χ3n) is 5.64. The number of rotatable bonds is 7. The molecule has 2 aliphatic rings. The van der Waals surface area contributed by atoms with Gasteiger partial charge in [0, 0.05) is 20.6 Å².